The average molecular weight is 383 g/mol. The number of carbonyl (C=O) groups excluding carboxylic acids is 1. The summed E-state index contributed by atoms with van der Waals surface area (Å²) in [6.07, 6.45) is -4.50. The van der Waals surface area contributed by atoms with Gasteiger partial charge in [-0.25, -0.2) is 4.98 Å². The Morgan fingerprint density at radius 3 is 2.52 bits per heavy atom. The van der Waals surface area contributed by atoms with E-state index in [-0.39, 0.29) is 5.56 Å². The lowest BCUT2D eigenvalue weighted by Crippen LogP contribution is -2.13. The highest BCUT2D eigenvalue weighted by Gasteiger charge is 2.30. The predicted molar refractivity (Wildman–Crippen MR) is 92.0 cm³/mol. The molecule has 3 nitrogen and oxygen atoms in total. The molecule has 1 heterocycles. The van der Waals surface area contributed by atoms with E-state index in [1.807, 2.05) is 0 Å². The van der Waals surface area contributed by atoms with Crippen molar-refractivity contribution in [2.24, 2.45) is 0 Å². The van der Waals surface area contributed by atoms with Crippen LogP contribution in [0.5, 0.6) is 0 Å². The number of carbonyl (C=O) groups is 1. The number of aromatic nitrogens is 1. The summed E-state index contributed by atoms with van der Waals surface area (Å²) in [5.41, 5.74) is 0.500. The van der Waals surface area contributed by atoms with Crippen molar-refractivity contribution in [1.29, 1.82) is 0 Å². The van der Waals surface area contributed by atoms with Gasteiger partial charge in [-0.05, 0) is 30.3 Å². The van der Waals surface area contributed by atoms with Gasteiger partial charge in [-0.15, -0.1) is 11.3 Å². The van der Waals surface area contributed by atoms with Crippen LogP contribution < -0.4 is 5.32 Å². The summed E-state index contributed by atoms with van der Waals surface area (Å²) in [6.45, 7) is 0. The van der Waals surface area contributed by atoms with Gasteiger partial charge in [-0.3, -0.25) is 10.1 Å². The Morgan fingerprint density at radius 2 is 1.84 bits per heavy atom. The summed E-state index contributed by atoms with van der Waals surface area (Å²) in [7, 11) is 0. The molecule has 0 radical (unpaired) electrons. The number of nitrogens with zero attached hydrogens (tertiary/aromatic N) is 1. The second kappa shape index (κ2) is 6.85. The van der Waals surface area contributed by atoms with Gasteiger partial charge in [0.2, 0.25) is 0 Å². The van der Waals surface area contributed by atoms with Crippen molar-refractivity contribution in [3.05, 3.63) is 70.1 Å². The largest absolute Gasteiger partial charge is 0.416 e. The fourth-order valence-electron chi connectivity index (χ4n) is 2.09. The molecule has 0 fully saturated rings. The highest BCUT2D eigenvalue weighted by atomic mass is 35.5. The molecule has 1 N–H and O–H groups in total. The maximum atomic E-state index is 12.7. The van der Waals surface area contributed by atoms with E-state index in [9.17, 15) is 18.0 Å². The molecule has 1 aromatic heterocycles. The Labute approximate surface area is 150 Å². The normalized spacial score (nSPS) is 11.4. The number of benzene rings is 2. The number of hydrogen-bond acceptors (Lipinski definition) is 3. The number of alkyl halides is 3. The van der Waals surface area contributed by atoms with Crippen molar-refractivity contribution >= 4 is 34.0 Å². The minimum absolute atomic E-state index is 0.0851. The fourth-order valence-corrected chi connectivity index (χ4v) is 2.93. The van der Waals surface area contributed by atoms with Gasteiger partial charge < -0.3 is 0 Å². The van der Waals surface area contributed by atoms with Gasteiger partial charge in [-0.2, -0.15) is 13.2 Å². The van der Waals surface area contributed by atoms with Crippen LogP contribution in [0.2, 0.25) is 5.02 Å². The quantitative estimate of drug-likeness (QED) is 0.628. The Balaban J connectivity index is 1.77. The van der Waals surface area contributed by atoms with Crippen molar-refractivity contribution in [3.8, 4) is 11.3 Å². The molecule has 128 valence electrons. The zero-order chi connectivity index (χ0) is 18.0. The third-order valence-electron chi connectivity index (χ3n) is 3.32. The minimum atomic E-state index is -4.50. The topological polar surface area (TPSA) is 42.0 Å². The van der Waals surface area contributed by atoms with Crippen LogP contribution in [-0.4, -0.2) is 10.9 Å². The van der Waals surface area contributed by atoms with Gasteiger partial charge >= 0.3 is 6.18 Å². The van der Waals surface area contributed by atoms with E-state index >= 15 is 0 Å². The second-order valence-corrected chi connectivity index (χ2v) is 6.37. The lowest BCUT2D eigenvalue weighted by molar-refractivity contribution is -0.137. The van der Waals surface area contributed by atoms with E-state index in [0.29, 0.717) is 15.8 Å². The summed E-state index contributed by atoms with van der Waals surface area (Å²) < 4.78 is 38.2. The van der Waals surface area contributed by atoms with E-state index in [0.717, 1.165) is 17.7 Å². The molecular formula is C17H10ClF3N2OS. The maximum absolute atomic E-state index is 12.7. The predicted octanol–water partition coefficient (Wildman–Crippen LogP) is 5.73. The number of amides is 1. The molecule has 0 bridgehead atoms. The molecule has 0 aliphatic heterocycles. The fraction of sp³-hybridized carbons (Fsp3) is 0.0588. The average Bonchev–Trinajstić information content (AvgIpc) is 3.03. The first-order valence-electron chi connectivity index (χ1n) is 7.03. The van der Waals surface area contributed by atoms with E-state index < -0.39 is 17.6 Å². The highest BCUT2D eigenvalue weighted by molar-refractivity contribution is 7.14. The highest BCUT2D eigenvalue weighted by Crippen LogP contribution is 2.30. The molecule has 0 atom stereocenters. The lowest BCUT2D eigenvalue weighted by atomic mass is 10.1. The van der Waals surface area contributed by atoms with Crippen LogP contribution in [0.1, 0.15) is 15.9 Å². The molecule has 3 rings (SSSR count). The molecule has 0 saturated carbocycles. The van der Waals surface area contributed by atoms with Crippen LogP contribution in [0.25, 0.3) is 11.3 Å². The molecule has 2 aromatic carbocycles. The van der Waals surface area contributed by atoms with Crippen LogP contribution in [0.4, 0.5) is 18.3 Å². The first-order chi connectivity index (χ1) is 11.8. The number of halogens is 4. The molecule has 8 heteroatoms. The smallest absolute Gasteiger partial charge is 0.298 e. The zero-order valence-corrected chi connectivity index (χ0v) is 14.0. The van der Waals surface area contributed by atoms with Crippen LogP contribution in [-0.2, 0) is 6.18 Å². The second-order valence-electron chi connectivity index (χ2n) is 5.08. The molecular weight excluding hydrogens is 373 g/mol. The third kappa shape index (κ3) is 4.18. The van der Waals surface area contributed by atoms with Gasteiger partial charge in [0.15, 0.2) is 5.13 Å². The van der Waals surface area contributed by atoms with E-state index in [4.69, 9.17) is 11.6 Å². The van der Waals surface area contributed by atoms with Gasteiger partial charge in [0.25, 0.3) is 5.91 Å². The van der Waals surface area contributed by atoms with Crippen molar-refractivity contribution in [1.82, 2.24) is 4.98 Å². The van der Waals surface area contributed by atoms with Crippen molar-refractivity contribution < 1.29 is 18.0 Å². The van der Waals surface area contributed by atoms with Gasteiger partial charge in [0, 0.05) is 21.5 Å². The third-order valence-corrected chi connectivity index (χ3v) is 4.33. The van der Waals surface area contributed by atoms with Gasteiger partial charge in [-0.1, -0.05) is 29.8 Å². The van der Waals surface area contributed by atoms with Crippen molar-refractivity contribution in [2.45, 2.75) is 6.18 Å². The first-order valence-corrected chi connectivity index (χ1v) is 8.29. The Kier molecular flexibility index (Phi) is 4.78. The van der Waals surface area contributed by atoms with E-state index in [1.165, 1.54) is 23.5 Å². The molecule has 0 aliphatic rings. The zero-order valence-electron chi connectivity index (χ0n) is 12.5. The van der Waals surface area contributed by atoms with E-state index in [2.05, 4.69) is 10.3 Å². The summed E-state index contributed by atoms with van der Waals surface area (Å²) >= 11 is 7.01. The summed E-state index contributed by atoms with van der Waals surface area (Å²) in [5, 5.41) is 5.15. The Morgan fingerprint density at radius 1 is 1.12 bits per heavy atom. The SMILES string of the molecule is O=C(Nc1nc(-c2ccc(Cl)cc2)cs1)c1cccc(C(F)(F)F)c1. The van der Waals surface area contributed by atoms with Crippen LogP contribution >= 0.6 is 22.9 Å². The maximum Gasteiger partial charge on any atom is 0.416 e. The van der Waals surface area contributed by atoms with Crippen LogP contribution in [0, 0.1) is 0 Å². The minimum Gasteiger partial charge on any atom is -0.298 e. The number of thiazole rings is 1. The number of rotatable bonds is 3. The summed E-state index contributed by atoms with van der Waals surface area (Å²) in [4.78, 5) is 16.4. The molecule has 0 aliphatic carbocycles. The number of nitrogens with one attached hydrogen (secondary N) is 1. The molecule has 3 aromatic rings. The monoisotopic (exact) mass is 382 g/mol. The molecule has 0 saturated heterocycles. The summed E-state index contributed by atoms with van der Waals surface area (Å²) in [6, 6.07) is 11.2. The number of hydrogen-bond donors (Lipinski definition) is 1. The molecule has 0 unspecified atom stereocenters. The van der Waals surface area contributed by atoms with E-state index in [1.54, 1.807) is 29.6 Å². The standard InChI is InChI=1S/C17H10ClF3N2OS/c18-13-6-4-10(5-7-13)14-9-25-16(22-14)23-15(24)11-2-1-3-12(8-11)17(19,20)21/h1-9H,(H,22,23,24). The lowest BCUT2D eigenvalue weighted by Gasteiger charge is -2.08. The van der Waals surface area contributed by atoms with Crippen molar-refractivity contribution in [2.75, 3.05) is 5.32 Å². The van der Waals surface area contributed by atoms with Gasteiger partial charge in [0.05, 0.1) is 11.3 Å². The van der Waals surface area contributed by atoms with Gasteiger partial charge in [0.1, 0.15) is 0 Å². The van der Waals surface area contributed by atoms with Crippen LogP contribution in [0.3, 0.4) is 0 Å². The summed E-state index contributed by atoms with van der Waals surface area (Å²) in [5.74, 6) is -0.650. The number of anilines is 1. The Bertz CT molecular complexity index is 907. The molecule has 1 amide bonds. The molecule has 25 heavy (non-hydrogen) atoms. The van der Waals surface area contributed by atoms with Crippen molar-refractivity contribution in [3.63, 3.8) is 0 Å². The first kappa shape index (κ1) is 17.4. The molecule has 0 spiro atoms. The Hall–Kier alpha value is -2.38. The van der Waals surface area contributed by atoms with Crippen LogP contribution in [0.15, 0.2) is 53.9 Å².